The lowest BCUT2D eigenvalue weighted by Gasteiger charge is -2.21. The minimum atomic E-state index is -0.837. The standard InChI is InChI=1S/C18H20N2O3.C14H16N2/c1-3-23-18(22)17(21)20(13-16-6-4-5-11-19-16)12-15-9-7-14(2)8-10-15;1-12-5-7-13(8-6-12)10-15-11-14-4-2-3-9-16-14/h4-11H,3,12-13H2,1-2H3;2-9,15H,10-11H2,1H3. The lowest BCUT2D eigenvalue weighted by molar-refractivity contribution is -0.160. The van der Waals surface area contributed by atoms with Gasteiger partial charge in [-0.2, -0.15) is 0 Å². The van der Waals surface area contributed by atoms with Crippen LogP contribution in [0, 0.1) is 13.8 Å². The van der Waals surface area contributed by atoms with Crippen LogP contribution in [-0.2, 0) is 40.5 Å². The molecule has 0 fully saturated rings. The van der Waals surface area contributed by atoms with Gasteiger partial charge in [-0.1, -0.05) is 71.8 Å². The van der Waals surface area contributed by atoms with Gasteiger partial charge in [0, 0.05) is 32.0 Å². The second kappa shape index (κ2) is 15.8. The fourth-order valence-electron chi connectivity index (χ4n) is 3.67. The second-order valence-electron chi connectivity index (χ2n) is 9.10. The van der Waals surface area contributed by atoms with Gasteiger partial charge in [0.05, 0.1) is 24.5 Å². The van der Waals surface area contributed by atoms with Gasteiger partial charge in [-0.25, -0.2) is 4.79 Å². The monoisotopic (exact) mass is 524 g/mol. The third kappa shape index (κ3) is 10.5. The highest BCUT2D eigenvalue weighted by Crippen LogP contribution is 2.11. The first-order valence-electron chi connectivity index (χ1n) is 13.0. The van der Waals surface area contributed by atoms with Crippen molar-refractivity contribution in [3.8, 4) is 0 Å². The summed E-state index contributed by atoms with van der Waals surface area (Å²) in [5.74, 6) is -1.49. The minimum absolute atomic E-state index is 0.173. The number of aryl methyl sites for hydroxylation is 2. The summed E-state index contributed by atoms with van der Waals surface area (Å²) in [6, 6.07) is 27.9. The number of aromatic nitrogens is 2. The Morgan fingerprint density at radius 3 is 1.82 bits per heavy atom. The van der Waals surface area contributed by atoms with Crippen molar-refractivity contribution < 1.29 is 14.3 Å². The number of benzene rings is 2. The molecule has 0 spiro atoms. The SMILES string of the molecule is CCOC(=O)C(=O)N(Cc1ccc(C)cc1)Cc1ccccn1.Cc1ccc(CNCc2ccccn2)cc1. The zero-order chi connectivity index (χ0) is 27.9. The topological polar surface area (TPSA) is 84.4 Å². The molecule has 0 saturated carbocycles. The van der Waals surface area contributed by atoms with Crippen molar-refractivity contribution in [1.82, 2.24) is 20.2 Å². The van der Waals surface area contributed by atoms with Crippen LogP contribution in [0.25, 0.3) is 0 Å². The van der Waals surface area contributed by atoms with Crippen LogP contribution < -0.4 is 5.32 Å². The predicted molar refractivity (Wildman–Crippen MR) is 152 cm³/mol. The fraction of sp³-hybridized carbons (Fsp3) is 0.250. The number of esters is 1. The summed E-state index contributed by atoms with van der Waals surface area (Å²) in [6.07, 6.45) is 3.48. The first-order valence-corrected chi connectivity index (χ1v) is 13.0. The number of ether oxygens (including phenoxy) is 1. The Hall–Kier alpha value is -4.36. The van der Waals surface area contributed by atoms with E-state index in [9.17, 15) is 9.59 Å². The lowest BCUT2D eigenvalue weighted by atomic mass is 10.1. The highest BCUT2D eigenvalue weighted by atomic mass is 16.5. The molecule has 2 heterocycles. The van der Waals surface area contributed by atoms with E-state index in [0.29, 0.717) is 6.54 Å². The Labute approximate surface area is 230 Å². The van der Waals surface area contributed by atoms with E-state index in [-0.39, 0.29) is 13.2 Å². The molecule has 39 heavy (non-hydrogen) atoms. The van der Waals surface area contributed by atoms with Gasteiger partial charge in [-0.15, -0.1) is 0 Å². The number of hydrogen-bond acceptors (Lipinski definition) is 6. The number of hydrogen-bond donors (Lipinski definition) is 1. The van der Waals surface area contributed by atoms with Gasteiger partial charge in [-0.05, 0) is 56.2 Å². The van der Waals surface area contributed by atoms with Gasteiger partial charge in [0.25, 0.3) is 0 Å². The van der Waals surface area contributed by atoms with Crippen LogP contribution in [0.2, 0.25) is 0 Å². The quantitative estimate of drug-likeness (QED) is 0.240. The van der Waals surface area contributed by atoms with Crippen molar-refractivity contribution in [2.45, 2.75) is 47.0 Å². The number of carbonyl (C=O) groups excluding carboxylic acids is 2. The summed E-state index contributed by atoms with van der Waals surface area (Å²) in [6.45, 7) is 8.23. The van der Waals surface area contributed by atoms with E-state index in [1.165, 1.54) is 16.0 Å². The van der Waals surface area contributed by atoms with E-state index >= 15 is 0 Å². The van der Waals surface area contributed by atoms with E-state index in [4.69, 9.17) is 4.74 Å². The molecule has 4 aromatic rings. The summed E-state index contributed by atoms with van der Waals surface area (Å²) < 4.78 is 4.83. The van der Waals surface area contributed by atoms with Crippen molar-refractivity contribution in [2.75, 3.05) is 6.61 Å². The highest BCUT2D eigenvalue weighted by molar-refractivity contribution is 6.32. The van der Waals surface area contributed by atoms with Gasteiger partial charge < -0.3 is 15.0 Å². The Kier molecular flexibility index (Phi) is 11.8. The van der Waals surface area contributed by atoms with E-state index in [1.807, 2.05) is 67.7 Å². The van der Waals surface area contributed by atoms with Crippen molar-refractivity contribution in [3.63, 3.8) is 0 Å². The number of rotatable bonds is 9. The number of nitrogens with zero attached hydrogens (tertiary/aromatic N) is 3. The highest BCUT2D eigenvalue weighted by Gasteiger charge is 2.23. The molecule has 0 aliphatic rings. The Bertz CT molecular complexity index is 1280. The molecule has 7 nitrogen and oxygen atoms in total. The summed E-state index contributed by atoms with van der Waals surface area (Å²) in [4.78, 5) is 34.0. The first kappa shape index (κ1) is 29.2. The van der Waals surface area contributed by atoms with Crippen LogP contribution >= 0.6 is 0 Å². The predicted octanol–water partition coefficient (Wildman–Crippen LogP) is 5.16. The van der Waals surface area contributed by atoms with Crippen LogP contribution in [0.15, 0.2) is 97.3 Å². The minimum Gasteiger partial charge on any atom is -0.459 e. The molecule has 1 N–H and O–H groups in total. The van der Waals surface area contributed by atoms with E-state index < -0.39 is 11.9 Å². The van der Waals surface area contributed by atoms with Gasteiger partial charge in [0.15, 0.2) is 0 Å². The van der Waals surface area contributed by atoms with Gasteiger partial charge in [0.1, 0.15) is 0 Å². The number of nitrogens with one attached hydrogen (secondary N) is 1. The number of pyridine rings is 2. The van der Waals surface area contributed by atoms with Crippen molar-refractivity contribution in [2.24, 2.45) is 0 Å². The van der Waals surface area contributed by atoms with E-state index in [1.54, 1.807) is 19.2 Å². The first-order chi connectivity index (χ1) is 18.9. The average Bonchev–Trinajstić information content (AvgIpc) is 2.96. The van der Waals surface area contributed by atoms with Gasteiger partial charge in [0.2, 0.25) is 0 Å². The molecular formula is C32H36N4O3. The molecular weight excluding hydrogens is 488 g/mol. The summed E-state index contributed by atoms with van der Waals surface area (Å²) >= 11 is 0. The zero-order valence-corrected chi connectivity index (χ0v) is 22.8. The molecule has 0 atom stereocenters. The van der Waals surface area contributed by atoms with Crippen LogP contribution in [0.4, 0.5) is 0 Å². The second-order valence-corrected chi connectivity index (χ2v) is 9.10. The van der Waals surface area contributed by atoms with Crippen LogP contribution in [0.5, 0.6) is 0 Å². The summed E-state index contributed by atoms with van der Waals surface area (Å²) in [5.41, 5.74) is 6.49. The van der Waals surface area contributed by atoms with Gasteiger partial charge in [-0.3, -0.25) is 14.8 Å². The maximum absolute atomic E-state index is 12.3. The molecule has 0 saturated heterocycles. The van der Waals surface area contributed by atoms with Crippen LogP contribution in [-0.4, -0.2) is 33.4 Å². The van der Waals surface area contributed by atoms with Crippen LogP contribution in [0.1, 0.15) is 40.6 Å². The van der Waals surface area contributed by atoms with E-state index in [0.717, 1.165) is 35.6 Å². The number of carbonyl (C=O) groups is 2. The molecule has 2 aromatic carbocycles. The largest absolute Gasteiger partial charge is 0.459 e. The maximum atomic E-state index is 12.3. The average molecular weight is 525 g/mol. The molecule has 0 unspecified atom stereocenters. The molecule has 0 aliphatic heterocycles. The molecule has 0 radical (unpaired) electrons. The molecule has 202 valence electrons. The Balaban J connectivity index is 0.000000230. The molecule has 2 aromatic heterocycles. The molecule has 0 aliphatic carbocycles. The van der Waals surface area contributed by atoms with Crippen LogP contribution in [0.3, 0.4) is 0 Å². The third-order valence-corrected chi connectivity index (χ3v) is 5.79. The molecule has 1 amide bonds. The van der Waals surface area contributed by atoms with Crippen molar-refractivity contribution in [3.05, 3.63) is 131 Å². The normalized spacial score (nSPS) is 10.2. The zero-order valence-electron chi connectivity index (χ0n) is 22.8. The Morgan fingerprint density at radius 1 is 0.718 bits per heavy atom. The summed E-state index contributed by atoms with van der Waals surface area (Å²) in [7, 11) is 0. The van der Waals surface area contributed by atoms with Crippen molar-refractivity contribution in [1.29, 1.82) is 0 Å². The molecule has 4 rings (SSSR count). The maximum Gasteiger partial charge on any atom is 0.397 e. The third-order valence-electron chi connectivity index (χ3n) is 5.79. The van der Waals surface area contributed by atoms with E-state index in [2.05, 4.69) is 46.5 Å². The molecule has 7 heteroatoms. The smallest absolute Gasteiger partial charge is 0.397 e. The summed E-state index contributed by atoms with van der Waals surface area (Å²) in [5, 5.41) is 3.37. The van der Waals surface area contributed by atoms with Crippen molar-refractivity contribution >= 4 is 11.9 Å². The molecule has 0 bridgehead atoms. The Morgan fingerprint density at radius 2 is 1.28 bits per heavy atom. The van der Waals surface area contributed by atoms with Gasteiger partial charge >= 0.3 is 11.9 Å². The number of amides is 1. The fourth-order valence-corrected chi connectivity index (χ4v) is 3.67. The lowest BCUT2D eigenvalue weighted by Crippen LogP contribution is -2.37.